The van der Waals surface area contributed by atoms with Crippen LogP contribution in [-0.4, -0.2) is 10.9 Å². The second-order valence-electron chi connectivity index (χ2n) is 5.13. The molecule has 0 aliphatic heterocycles. The van der Waals surface area contributed by atoms with Gasteiger partial charge in [0.15, 0.2) is 0 Å². The van der Waals surface area contributed by atoms with E-state index in [4.69, 9.17) is 16.7 Å². The molecule has 122 valence electrons. The highest BCUT2D eigenvalue weighted by atomic mass is 35.5. The molecule has 24 heavy (non-hydrogen) atoms. The molecule has 0 atom stereocenters. The fourth-order valence-corrected chi connectivity index (χ4v) is 3.16. The number of halogens is 2. The minimum absolute atomic E-state index is 0.143. The fourth-order valence-electron chi connectivity index (χ4n) is 2.43. The second kappa shape index (κ2) is 7.17. The zero-order chi connectivity index (χ0) is 17.1. The summed E-state index contributed by atoms with van der Waals surface area (Å²) in [4.78, 5) is 16.6. The van der Waals surface area contributed by atoms with Crippen LogP contribution in [0.1, 0.15) is 5.56 Å². The van der Waals surface area contributed by atoms with Crippen molar-refractivity contribution in [1.82, 2.24) is 4.98 Å². The Bertz CT molecular complexity index is 919. The van der Waals surface area contributed by atoms with Gasteiger partial charge in [-0.15, -0.1) is 0 Å². The number of rotatable bonds is 4. The molecule has 0 aliphatic rings. The molecule has 0 bridgehead atoms. The highest BCUT2D eigenvalue weighted by Crippen LogP contribution is 2.30. The molecule has 0 unspecified atom stereocenters. The molecule has 0 fully saturated rings. The number of carbonyl (C=O) groups excluding carboxylic acids is 1. The Kier molecular flexibility index (Phi) is 4.99. The fraction of sp³-hybridized carbons (Fsp3) is 0.0588. The number of fused-ring (bicyclic) bond motifs is 1. The topological polar surface area (TPSA) is 68.0 Å². The number of anilines is 1. The first kappa shape index (κ1) is 16.7. The molecule has 3 N–H and O–H groups in total. The monoisotopic (exact) mass is 361 g/mol. The molecule has 4 nitrogen and oxygen atoms in total. The molecular formula is C17H13ClFN3OS. The Morgan fingerprint density at radius 3 is 2.83 bits per heavy atom. The molecule has 0 saturated carbocycles. The van der Waals surface area contributed by atoms with Gasteiger partial charge in [0, 0.05) is 32.6 Å². The summed E-state index contributed by atoms with van der Waals surface area (Å²) in [7, 11) is 0. The van der Waals surface area contributed by atoms with Crippen LogP contribution in [0.5, 0.6) is 0 Å². The number of pyridine rings is 1. The van der Waals surface area contributed by atoms with E-state index in [0.717, 1.165) is 23.7 Å². The van der Waals surface area contributed by atoms with Gasteiger partial charge in [-0.1, -0.05) is 29.8 Å². The van der Waals surface area contributed by atoms with E-state index >= 15 is 0 Å². The third-order valence-corrected chi connectivity index (χ3v) is 4.44. The number of hydrogen-bond donors (Lipinski definition) is 2. The molecule has 2 aromatic carbocycles. The van der Waals surface area contributed by atoms with Crippen molar-refractivity contribution in [2.45, 2.75) is 11.3 Å². The van der Waals surface area contributed by atoms with Crippen molar-refractivity contribution >= 4 is 45.9 Å². The standard InChI is InChI=1S/C17H13ClFN3OS/c18-13-4-2-1-3-10(13)6-16(23)22-12-5-11-8-21-9-14(19)17(11)15(7-12)24-20/h1-5,7-9H,6,20H2,(H,22,23). The lowest BCUT2D eigenvalue weighted by atomic mass is 10.1. The van der Waals surface area contributed by atoms with Crippen LogP contribution in [0.3, 0.4) is 0 Å². The predicted octanol–water partition coefficient (Wildman–Crippen LogP) is 4.17. The quantitative estimate of drug-likeness (QED) is 0.684. The lowest BCUT2D eigenvalue weighted by molar-refractivity contribution is -0.115. The van der Waals surface area contributed by atoms with Crippen LogP contribution in [-0.2, 0) is 11.2 Å². The molecule has 3 aromatic rings. The minimum Gasteiger partial charge on any atom is -0.326 e. The second-order valence-corrected chi connectivity index (χ2v) is 6.21. The van der Waals surface area contributed by atoms with Gasteiger partial charge in [-0.25, -0.2) is 4.39 Å². The first-order valence-corrected chi connectivity index (χ1v) is 8.31. The summed E-state index contributed by atoms with van der Waals surface area (Å²) >= 11 is 6.98. The Morgan fingerprint density at radius 2 is 2.08 bits per heavy atom. The van der Waals surface area contributed by atoms with E-state index < -0.39 is 5.82 Å². The van der Waals surface area contributed by atoms with Crippen molar-refractivity contribution in [1.29, 1.82) is 0 Å². The summed E-state index contributed by atoms with van der Waals surface area (Å²) in [6, 6.07) is 10.5. The zero-order valence-corrected chi connectivity index (χ0v) is 14.0. The third kappa shape index (κ3) is 3.51. The van der Waals surface area contributed by atoms with Crippen LogP contribution in [0.15, 0.2) is 53.7 Å². The number of amides is 1. The van der Waals surface area contributed by atoms with Gasteiger partial charge in [-0.2, -0.15) is 0 Å². The average Bonchev–Trinajstić information content (AvgIpc) is 2.56. The van der Waals surface area contributed by atoms with Crippen molar-refractivity contribution in [3.05, 3.63) is 65.2 Å². The van der Waals surface area contributed by atoms with Crippen molar-refractivity contribution < 1.29 is 9.18 Å². The lowest BCUT2D eigenvalue weighted by Crippen LogP contribution is -2.14. The molecule has 0 spiro atoms. The van der Waals surface area contributed by atoms with E-state index in [1.54, 1.807) is 30.3 Å². The number of nitrogens with one attached hydrogen (secondary N) is 1. The maximum atomic E-state index is 13.9. The van der Waals surface area contributed by atoms with Crippen LogP contribution < -0.4 is 10.5 Å². The molecule has 1 heterocycles. The van der Waals surface area contributed by atoms with Gasteiger partial charge in [0.2, 0.25) is 5.91 Å². The summed E-state index contributed by atoms with van der Waals surface area (Å²) < 4.78 is 13.9. The van der Waals surface area contributed by atoms with E-state index in [2.05, 4.69) is 10.3 Å². The first-order chi connectivity index (χ1) is 11.6. The van der Waals surface area contributed by atoms with Crippen LogP contribution in [0.4, 0.5) is 10.1 Å². The van der Waals surface area contributed by atoms with Gasteiger partial charge in [0.05, 0.1) is 12.6 Å². The van der Waals surface area contributed by atoms with Gasteiger partial charge in [0.25, 0.3) is 0 Å². The van der Waals surface area contributed by atoms with E-state index in [1.165, 1.54) is 6.20 Å². The summed E-state index contributed by atoms with van der Waals surface area (Å²) in [6.45, 7) is 0. The number of hydrogen-bond acceptors (Lipinski definition) is 4. The average molecular weight is 362 g/mol. The minimum atomic E-state index is -0.450. The van der Waals surface area contributed by atoms with Gasteiger partial charge < -0.3 is 5.32 Å². The number of benzene rings is 2. The maximum absolute atomic E-state index is 13.9. The van der Waals surface area contributed by atoms with E-state index in [9.17, 15) is 9.18 Å². The molecule has 0 radical (unpaired) electrons. The van der Waals surface area contributed by atoms with Gasteiger partial charge >= 0.3 is 0 Å². The Labute approximate surface area is 147 Å². The van der Waals surface area contributed by atoms with Crippen LogP contribution >= 0.6 is 23.5 Å². The Hall–Kier alpha value is -2.15. The number of nitrogens with zero attached hydrogens (tertiary/aromatic N) is 1. The molecular weight excluding hydrogens is 349 g/mol. The maximum Gasteiger partial charge on any atom is 0.228 e. The van der Waals surface area contributed by atoms with Crippen LogP contribution in [0.2, 0.25) is 5.02 Å². The molecule has 0 aliphatic carbocycles. The van der Waals surface area contributed by atoms with E-state index in [0.29, 0.717) is 26.4 Å². The van der Waals surface area contributed by atoms with Gasteiger partial charge in [-0.05, 0) is 35.7 Å². The van der Waals surface area contributed by atoms with Crippen molar-refractivity contribution in [2.24, 2.45) is 5.14 Å². The summed E-state index contributed by atoms with van der Waals surface area (Å²) in [6.07, 6.45) is 2.81. The molecule has 7 heteroatoms. The van der Waals surface area contributed by atoms with E-state index in [-0.39, 0.29) is 12.3 Å². The van der Waals surface area contributed by atoms with Crippen LogP contribution in [0.25, 0.3) is 10.8 Å². The summed E-state index contributed by atoms with van der Waals surface area (Å²) in [5, 5.41) is 9.91. The van der Waals surface area contributed by atoms with Crippen molar-refractivity contribution in [2.75, 3.05) is 5.32 Å². The lowest BCUT2D eigenvalue weighted by Gasteiger charge is -2.10. The summed E-state index contributed by atoms with van der Waals surface area (Å²) in [5.74, 6) is -0.672. The smallest absolute Gasteiger partial charge is 0.228 e. The Balaban J connectivity index is 1.87. The zero-order valence-electron chi connectivity index (χ0n) is 12.4. The summed E-state index contributed by atoms with van der Waals surface area (Å²) in [5.41, 5.74) is 1.26. The van der Waals surface area contributed by atoms with Crippen molar-refractivity contribution in [3.63, 3.8) is 0 Å². The normalized spacial score (nSPS) is 10.8. The highest BCUT2D eigenvalue weighted by molar-refractivity contribution is 7.97. The number of nitrogens with two attached hydrogens (primary N) is 1. The van der Waals surface area contributed by atoms with E-state index in [1.807, 2.05) is 6.07 Å². The van der Waals surface area contributed by atoms with Crippen molar-refractivity contribution in [3.8, 4) is 0 Å². The van der Waals surface area contributed by atoms with Gasteiger partial charge in [0.1, 0.15) is 5.82 Å². The third-order valence-electron chi connectivity index (χ3n) is 3.49. The highest BCUT2D eigenvalue weighted by Gasteiger charge is 2.12. The Morgan fingerprint density at radius 1 is 1.29 bits per heavy atom. The largest absolute Gasteiger partial charge is 0.326 e. The first-order valence-electron chi connectivity index (χ1n) is 7.05. The predicted molar refractivity (Wildman–Crippen MR) is 95.5 cm³/mol. The number of carbonyl (C=O) groups is 1. The molecule has 1 aromatic heterocycles. The number of aromatic nitrogens is 1. The SMILES string of the molecule is NSc1cc(NC(=O)Cc2ccccc2Cl)cc2cncc(F)c12. The molecule has 3 rings (SSSR count). The van der Waals surface area contributed by atoms with Crippen LogP contribution in [0, 0.1) is 5.82 Å². The molecule has 0 saturated heterocycles. The van der Waals surface area contributed by atoms with Gasteiger partial charge in [-0.3, -0.25) is 14.9 Å². The molecule has 1 amide bonds.